The van der Waals surface area contributed by atoms with E-state index in [0.717, 1.165) is 6.42 Å². The van der Waals surface area contributed by atoms with Crippen LogP contribution in [-0.2, 0) is 9.53 Å². The molecule has 0 unspecified atom stereocenters. The number of rotatable bonds is 3. The predicted molar refractivity (Wildman–Crippen MR) is 57.4 cm³/mol. The van der Waals surface area contributed by atoms with Crippen molar-refractivity contribution >= 4 is 5.97 Å². The molecular formula is C11H21NO3. The second-order valence-corrected chi connectivity index (χ2v) is 5.33. The zero-order valence-electron chi connectivity index (χ0n) is 9.75. The summed E-state index contributed by atoms with van der Waals surface area (Å²) in [6.45, 7) is 7.27. The first-order valence-electron chi connectivity index (χ1n) is 5.46. The van der Waals surface area contributed by atoms with Crippen molar-refractivity contribution in [1.82, 2.24) is 5.32 Å². The number of hydrogen-bond donors (Lipinski definition) is 2. The van der Waals surface area contributed by atoms with Crippen molar-refractivity contribution in [3.63, 3.8) is 0 Å². The van der Waals surface area contributed by atoms with Gasteiger partial charge in [-0.2, -0.15) is 0 Å². The number of carbonyl (C=O) groups is 1. The van der Waals surface area contributed by atoms with E-state index in [1.165, 1.54) is 0 Å². The summed E-state index contributed by atoms with van der Waals surface area (Å²) < 4.78 is 5.14. The van der Waals surface area contributed by atoms with Gasteiger partial charge in [-0.05, 0) is 11.8 Å². The van der Waals surface area contributed by atoms with Crippen LogP contribution in [0.5, 0.6) is 0 Å². The Morgan fingerprint density at radius 2 is 2.20 bits per heavy atom. The van der Waals surface area contributed by atoms with Gasteiger partial charge in [-0.3, -0.25) is 4.79 Å². The molecule has 2 atom stereocenters. The highest BCUT2D eigenvalue weighted by Gasteiger charge is 2.29. The number of esters is 1. The summed E-state index contributed by atoms with van der Waals surface area (Å²) >= 11 is 0. The number of ether oxygens (including phenoxy) is 1. The minimum absolute atomic E-state index is 0.183. The number of β-amino-alcohol motifs (C(OH)–C–C–N with tert-alkyl or cyclic N) is 1. The Hall–Kier alpha value is -0.610. The lowest BCUT2D eigenvalue weighted by atomic mass is 9.93. The van der Waals surface area contributed by atoms with Crippen molar-refractivity contribution in [2.45, 2.75) is 45.8 Å². The van der Waals surface area contributed by atoms with E-state index >= 15 is 0 Å². The fourth-order valence-electron chi connectivity index (χ4n) is 1.45. The highest BCUT2D eigenvalue weighted by Crippen LogP contribution is 2.18. The predicted octanol–water partition coefficient (Wildman–Crippen LogP) is 0.689. The van der Waals surface area contributed by atoms with Crippen molar-refractivity contribution in [3.8, 4) is 0 Å². The summed E-state index contributed by atoms with van der Waals surface area (Å²) in [5, 5.41) is 12.2. The standard InChI is InChI=1S/C11H21NO3/c1-11(2,3)4-5-15-10(14)9-6-8(13)7-12-9/h8-9,12-13H,4-7H2,1-3H3/t8-,9-/m1/s1. The molecular weight excluding hydrogens is 194 g/mol. The molecule has 0 bridgehead atoms. The molecule has 0 aromatic heterocycles. The van der Waals surface area contributed by atoms with Crippen molar-refractivity contribution in [2.75, 3.05) is 13.2 Å². The van der Waals surface area contributed by atoms with E-state index in [9.17, 15) is 9.90 Å². The lowest BCUT2D eigenvalue weighted by molar-refractivity contribution is -0.146. The van der Waals surface area contributed by atoms with E-state index in [2.05, 4.69) is 26.1 Å². The first-order valence-corrected chi connectivity index (χ1v) is 5.46. The number of aliphatic hydroxyl groups is 1. The van der Waals surface area contributed by atoms with E-state index in [0.29, 0.717) is 19.6 Å². The van der Waals surface area contributed by atoms with Gasteiger partial charge in [0.2, 0.25) is 0 Å². The van der Waals surface area contributed by atoms with E-state index in [1.807, 2.05) is 0 Å². The van der Waals surface area contributed by atoms with Crippen LogP contribution in [-0.4, -0.2) is 36.4 Å². The second kappa shape index (κ2) is 4.94. The van der Waals surface area contributed by atoms with E-state index in [4.69, 9.17) is 4.74 Å². The van der Waals surface area contributed by atoms with Crippen LogP contribution in [0.2, 0.25) is 0 Å². The molecule has 0 saturated carbocycles. The average molecular weight is 215 g/mol. The topological polar surface area (TPSA) is 58.6 Å². The third kappa shape index (κ3) is 4.62. The summed E-state index contributed by atoms with van der Waals surface area (Å²) in [5.74, 6) is -0.240. The van der Waals surface area contributed by atoms with Gasteiger partial charge in [0.25, 0.3) is 0 Å². The Labute approximate surface area is 91.0 Å². The van der Waals surface area contributed by atoms with Gasteiger partial charge in [0, 0.05) is 13.0 Å². The largest absolute Gasteiger partial charge is 0.465 e. The Morgan fingerprint density at radius 3 is 2.67 bits per heavy atom. The van der Waals surface area contributed by atoms with Crippen LogP contribution in [0, 0.1) is 5.41 Å². The molecule has 1 fully saturated rings. The molecule has 1 heterocycles. The first-order chi connectivity index (χ1) is 6.88. The van der Waals surface area contributed by atoms with Gasteiger partial charge in [0.15, 0.2) is 0 Å². The molecule has 0 amide bonds. The van der Waals surface area contributed by atoms with Crippen molar-refractivity contribution in [3.05, 3.63) is 0 Å². The normalized spacial score (nSPS) is 26.7. The van der Waals surface area contributed by atoms with Gasteiger partial charge in [0.1, 0.15) is 6.04 Å². The fourth-order valence-corrected chi connectivity index (χ4v) is 1.45. The fraction of sp³-hybridized carbons (Fsp3) is 0.909. The Kier molecular flexibility index (Phi) is 4.11. The first kappa shape index (κ1) is 12.5. The number of hydrogen-bond acceptors (Lipinski definition) is 4. The molecule has 1 aliphatic rings. The van der Waals surface area contributed by atoms with E-state index in [1.54, 1.807) is 0 Å². The maximum atomic E-state index is 11.5. The summed E-state index contributed by atoms with van der Waals surface area (Å²) in [7, 11) is 0. The molecule has 0 aliphatic carbocycles. The minimum atomic E-state index is -0.412. The van der Waals surface area contributed by atoms with Crippen molar-refractivity contribution in [2.24, 2.45) is 5.41 Å². The lowest BCUT2D eigenvalue weighted by Crippen LogP contribution is -2.32. The maximum absolute atomic E-state index is 11.5. The summed E-state index contributed by atoms with van der Waals surface area (Å²) in [4.78, 5) is 11.5. The smallest absolute Gasteiger partial charge is 0.323 e. The van der Waals surface area contributed by atoms with Crippen LogP contribution < -0.4 is 5.32 Å². The third-order valence-electron chi connectivity index (χ3n) is 2.49. The zero-order chi connectivity index (χ0) is 11.5. The molecule has 15 heavy (non-hydrogen) atoms. The Morgan fingerprint density at radius 1 is 1.53 bits per heavy atom. The number of aliphatic hydroxyl groups excluding tert-OH is 1. The van der Waals surface area contributed by atoms with Gasteiger partial charge in [0.05, 0.1) is 12.7 Å². The third-order valence-corrected chi connectivity index (χ3v) is 2.49. The Bertz CT molecular complexity index is 222. The molecule has 88 valence electrons. The molecule has 0 spiro atoms. The van der Waals surface area contributed by atoms with E-state index in [-0.39, 0.29) is 17.4 Å². The van der Waals surface area contributed by atoms with Crippen LogP contribution in [0.15, 0.2) is 0 Å². The molecule has 0 aromatic carbocycles. The summed E-state index contributed by atoms with van der Waals surface area (Å²) in [5.41, 5.74) is 0.183. The number of nitrogens with one attached hydrogen (secondary N) is 1. The van der Waals surface area contributed by atoms with E-state index < -0.39 is 6.10 Å². The molecule has 4 heteroatoms. The van der Waals surface area contributed by atoms with Gasteiger partial charge < -0.3 is 15.2 Å². The highest BCUT2D eigenvalue weighted by atomic mass is 16.5. The van der Waals surface area contributed by atoms with Crippen LogP contribution in [0.1, 0.15) is 33.6 Å². The van der Waals surface area contributed by atoms with Crippen molar-refractivity contribution in [1.29, 1.82) is 0 Å². The van der Waals surface area contributed by atoms with Gasteiger partial charge in [-0.15, -0.1) is 0 Å². The lowest BCUT2D eigenvalue weighted by Gasteiger charge is -2.18. The van der Waals surface area contributed by atoms with Crippen LogP contribution in [0.4, 0.5) is 0 Å². The number of carbonyl (C=O) groups excluding carboxylic acids is 1. The van der Waals surface area contributed by atoms with Crippen LogP contribution in [0.25, 0.3) is 0 Å². The van der Waals surface area contributed by atoms with Gasteiger partial charge in [-0.1, -0.05) is 20.8 Å². The molecule has 4 nitrogen and oxygen atoms in total. The van der Waals surface area contributed by atoms with Crippen LogP contribution in [0.3, 0.4) is 0 Å². The molecule has 1 saturated heterocycles. The minimum Gasteiger partial charge on any atom is -0.465 e. The molecule has 1 rings (SSSR count). The zero-order valence-corrected chi connectivity index (χ0v) is 9.75. The Balaban J connectivity index is 2.19. The summed E-state index contributed by atoms with van der Waals surface area (Å²) in [6.07, 6.45) is 0.910. The van der Waals surface area contributed by atoms with Crippen molar-refractivity contribution < 1.29 is 14.6 Å². The molecule has 1 aliphatic heterocycles. The quantitative estimate of drug-likeness (QED) is 0.680. The molecule has 0 aromatic rings. The SMILES string of the molecule is CC(C)(C)CCOC(=O)[C@H]1C[C@@H](O)CN1. The summed E-state index contributed by atoms with van der Waals surface area (Å²) in [6, 6.07) is -0.319. The monoisotopic (exact) mass is 215 g/mol. The maximum Gasteiger partial charge on any atom is 0.323 e. The highest BCUT2D eigenvalue weighted by molar-refractivity contribution is 5.76. The van der Waals surface area contributed by atoms with Gasteiger partial charge >= 0.3 is 5.97 Å². The van der Waals surface area contributed by atoms with Crippen LogP contribution >= 0.6 is 0 Å². The van der Waals surface area contributed by atoms with Gasteiger partial charge in [-0.25, -0.2) is 0 Å². The molecule has 0 radical (unpaired) electrons. The molecule has 2 N–H and O–H groups in total. The second-order valence-electron chi connectivity index (χ2n) is 5.33. The average Bonchev–Trinajstić information content (AvgIpc) is 2.49.